The second kappa shape index (κ2) is 7.30. The fraction of sp³-hybridized carbons (Fsp3) is 0.700. The summed E-state index contributed by atoms with van der Waals surface area (Å²) in [5.74, 6) is -0.332. The minimum absolute atomic E-state index is 0.0318. The van der Waals surface area contributed by atoms with E-state index in [2.05, 4.69) is 5.10 Å². The highest BCUT2D eigenvalue weighted by atomic mass is 35.5. The molecule has 1 rings (SSSR count). The van der Waals surface area contributed by atoms with Crippen LogP contribution >= 0.6 is 11.6 Å². The monoisotopic (exact) mass is 277 g/mol. The van der Waals surface area contributed by atoms with Gasteiger partial charge in [-0.15, -0.1) is 0 Å². The number of halogens is 1. The van der Waals surface area contributed by atoms with Gasteiger partial charge >= 0.3 is 5.82 Å². The summed E-state index contributed by atoms with van der Waals surface area (Å²) in [6, 6.07) is 0. The predicted octanol–water partition coefficient (Wildman–Crippen LogP) is 2.23. The highest BCUT2D eigenvalue weighted by Crippen LogP contribution is 2.21. The van der Waals surface area contributed by atoms with Gasteiger partial charge in [-0.05, 0) is 18.8 Å². The standard InChI is InChI=1S/C10H16ClN3O4/c1-3-17-9(18-4-2)5-6-13-7-8(11)10(12-13)14(15)16/h7,9H,3-6H2,1-2H3. The van der Waals surface area contributed by atoms with E-state index in [4.69, 9.17) is 21.1 Å². The quantitative estimate of drug-likeness (QED) is 0.413. The summed E-state index contributed by atoms with van der Waals surface area (Å²) in [4.78, 5) is 9.96. The number of aryl methyl sites for hydroxylation is 1. The zero-order valence-corrected chi connectivity index (χ0v) is 11.1. The molecule has 0 N–H and O–H groups in total. The van der Waals surface area contributed by atoms with Crippen LogP contribution in [0.15, 0.2) is 6.20 Å². The van der Waals surface area contributed by atoms with E-state index >= 15 is 0 Å². The third-order valence-corrected chi connectivity index (χ3v) is 2.44. The molecule has 0 bridgehead atoms. The fourth-order valence-electron chi connectivity index (χ4n) is 1.45. The zero-order chi connectivity index (χ0) is 13.5. The van der Waals surface area contributed by atoms with Gasteiger partial charge in [0.2, 0.25) is 0 Å². The molecule has 0 aromatic carbocycles. The Morgan fingerprint density at radius 2 is 2.11 bits per heavy atom. The van der Waals surface area contributed by atoms with E-state index in [0.29, 0.717) is 26.2 Å². The van der Waals surface area contributed by atoms with Crippen molar-refractivity contribution in [2.75, 3.05) is 13.2 Å². The molecule has 0 amide bonds. The van der Waals surface area contributed by atoms with Crippen molar-refractivity contribution in [3.63, 3.8) is 0 Å². The number of hydrogen-bond acceptors (Lipinski definition) is 5. The van der Waals surface area contributed by atoms with Gasteiger partial charge in [-0.2, -0.15) is 4.68 Å². The van der Waals surface area contributed by atoms with Gasteiger partial charge in [0, 0.05) is 19.6 Å². The number of rotatable bonds is 8. The summed E-state index contributed by atoms with van der Waals surface area (Å²) in [5, 5.41) is 14.4. The molecule has 0 spiro atoms. The van der Waals surface area contributed by atoms with E-state index in [1.54, 1.807) is 0 Å². The van der Waals surface area contributed by atoms with Gasteiger partial charge in [0.25, 0.3) is 0 Å². The van der Waals surface area contributed by atoms with Crippen molar-refractivity contribution in [2.45, 2.75) is 33.1 Å². The highest BCUT2D eigenvalue weighted by Gasteiger charge is 2.19. The van der Waals surface area contributed by atoms with Gasteiger partial charge in [0.05, 0.1) is 17.8 Å². The van der Waals surface area contributed by atoms with E-state index < -0.39 is 4.92 Å². The molecule has 0 aliphatic rings. The first kappa shape index (κ1) is 14.9. The van der Waals surface area contributed by atoms with E-state index in [9.17, 15) is 10.1 Å². The second-order valence-electron chi connectivity index (χ2n) is 3.45. The predicted molar refractivity (Wildman–Crippen MR) is 65.5 cm³/mol. The summed E-state index contributed by atoms with van der Waals surface area (Å²) in [6.45, 7) is 5.29. The second-order valence-corrected chi connectivity index (χ2v) is 3.86. The van der Waals surface area contributed by atoms with Gasteiger partial charge in [0.15, 0.2) is 11.3 Å². The van der Waals surface area contributed by atoms with Gasteiger partial charge in [-0.1, -0.05) is 11.6 Å². The number of nitrogens with zero attached hydrogens (tertiary/aromatic N) is 3. The van der Waals surface area contributed by atoms with Crippen LogP contribution in [-0.4, -0.2) is 34.2 Å². The number of aromatic nitrogens is 2. The molecule has 8 heteroatoms. The Bertz CT molecular complexity index is 390. The molecule has 0 atom stereocenters. The van der Waals surface area contributed by atoms with Crippen LogP contribution < -0.4 is 0 Å². The van der Waals surface area contributed by atoms with Gasteiger partial charge in [-0.3, -0.25) is 0 Å². The molecule has 1 aromatic rings. The maximum atomic E-state index is 10.6. The van der Waals surface area contributed by atoms with Crippen LogP contribution in [-0.2, 0) is 16.0 Å². The molecular formula is C10H16ClN3O4. The molecule has 0 aliphatic carbocycles. The number of hydrogen-bond donors (Lipinski definition) is 0. The Hall–Kier alpha value is -1.18. The zero-order valence-electron chi connectivity index (χ0n) is 10.3. The summed E-state index contributed by atoms with van der Waals surface area (Å²) >= 11 is 5.69. The van der Waals surface area contributed by atoms with Crippen molar-refractivity contribution in [3.05, 3.63) is 21.3 Å². The number of ether oxygens (including phenoxy) is 2. The van der Waals surface area contributed by atoms with Crippen LogP contribution in [0.3, 0.4) is 0 Å². The van der Waals surface area contributed by atoms with Crippen LogP contribution in [0.4, 0.5) is 5.82 Å². The van der Waals surface area contributed by atoms with E-state index in [0.717, 1.165) is 0 Å². The van der Waals surface area contributed by atoms with Crippen LogP contribution in [0.25, 0.3) is 0 Å². The van der Waals surface area contributed by atoms with Crippen molar-refractivity contribution in [1.82, 2.24) is 9.78 Å². The average molecular weight is 278 g/mol. The average Bonchev–Trinajstić information content (AvgIpc) is 2.68. The highest BCUT2D eigenvalue weighted by molar-refractivity contribution is 6.32. The maximum absolute atomic E-state index is 10.6. The Labute approximate surface area is 110 Å². The van der Waals surface area contributed by atoms with Gasteiger partial charge < -0.3 is 19.6 Å². The molecule has 0 aliphatic heterocycles. The van der Waals surface area contributed by atoms with Crippen LogP contribution in [0.2, 0.25) is 5.02 Å². The SMILES string of the molecule is CCOC(CCn1cc(Cl)c([N+](=O)[O-])n1)OCC. The molecule has 7 nitrogen and oxygen atoms in total. The molecule has 1 aromatic heterocycles. The molecular weight excluding hydrogens is 262 g/mol. The lowest BCUT2D eigenvalue weighted by molar-refractivity contribution is -0.389. The first-order valence-corrected chi connectivity index (χ1v) is 6.06. The third-order valence-electron chi connectivity index (χ3n) is 2.17. The molecule has 0 fully saturated rings. The maximum Gasteiger partial charge on any atom is 0.408 e. The summed E-state index contributed by atoms with van der Waals surface area (Å²) in [6.07, 6.45) is 1.65. The molecule has 102 valence electrons. The molecule has 0 saturated carbocycles. The normalized spacial score (nSPS) is 11.1. The minimum atomic E-state index is -0.610. The first-order valence-electron chi connectivity index (χ1n) is 5.69. The van der Waals surface area contributed by atoms with Crippen LogP contribution in [0.5, 0.6) is 0 Å². The van der Waals surface area contributed by atoms with Gasteiger partial charge in [-0.25, -0.2) is 0 Å². The summed E-state index contributed by atoms with van der Waals surface area (Å²) in [7, 11) is 0. The summed E-state index contributed by atoms with van der Waals surface area (Å²) in [5.41, 5.74) is 0. The lowest BCUT2D eigenvalue weighted by atomic mass is 10.4. The topological polar surface area (TPSA) is 79.4 Å². The Morgan fingerprint density at radius 1 is 1.50 bits per heavy atom. The molecule has 0 saturated heterocycles. The lowest BCUT2D eigenvalue weighted by Gasteiger charge is -2.15. The van der Waals surface area contributed by atoms with Gasteiger partial charge in [0.1, 0.15) is 0 Å². The van der Waals surface area contributed by atoms with Crippen LogP contribution in [0.1, 0.15) is 20.3 Å². The smallest absolute Gasteiger partial charge is 0.358 e. The molecule has 0 radical (unpaired) electrons. The van der Waals surface area contributed by atoms with Crippen molar-refractivity contribution in [2.24, 2.45) is 0 Å². The molecule has 18 heavy (non-hydrogen) atoms. The fourth-order valence-corrected chi connectivity index (χ4v) is 1.67. The third kappa shape index (κ3) is 4.25. The van der Waals surface area contributed by atoms with Crippen LogP contribution in [0, 0.1) is 10.1 Å². The van der Waals surface area contributed by atoms with Crippen molar-refractivity contribution in [1.29, 1.82) is 0 Å². The lowest BCUT2D eigenvalue weighted by Crippen LogP contribution is -2.19. The number of nitro groups is 1. The Balaban J connectivity index is 2.56. The van der Waals surface area contributed by atoms with E-state index in [1.807, 2.05) is 13.8 Å². The van der Waals surface area contributed by atoms with E-state index in [1.165, 1.54) is 10.9 Å². The Morgan fingerprint density at radius 3 is 2.56 bits per heavy atom. The van der Waals surface area contributed by atoms with Crippen molar-refractivity contribution < 1.29 is 14.4 Å². The molecule has 1 heterocycles. The first-order chi connectivity index (χ1) is 8.58. The van der Waals surface area contributed by atoms with Crippen molar-refractivity contribution >= 4 is 17.4 Å². The minimum Gasteiger partial charge on any atom is -0.358 e. The van der Waals surface area contributed by atoms with Crippen molar-refractivity contribution in [3.8, 4) is 0 Å². The molecule has 0 unspecified atom stereocenters. The summed E-state index contributed by atoms with van der Waals surface area (Å²) < 4.78 is 12.1. The largest absolute Gasteiger partial charge is 0.408 e. The van der Waals surface area contributed by atoms with E-state index in [-0.39, 0.29) is 17.1 Å². The Kier molecular flexibility index (Phi) is 6.03.